The number of anilines is 1. The van der Waals surface area contributed by atoms with Crippen LogP contribution in [0.2, 0.25) is 0 Å². The van der Waals surface area contributed by atoms with Crippen molar-refractivity contribution < 1.29 is 14.4 Å². The Morgan fingerprint density at radius 2 is 2.36 bits per heavy atom. The lowest BCUT2D eigenvalue weighted by Crippen LogP contribution is -2.10. The zero-order valence-electron chi connectivity index (χ0n) is 5.62. The molecule has 0 unspecified atom stereocenters. The second kappa shape index (κ2) is 2.18. The summed E-state index contributed by atoms with van der Waals surface area (Å²) in [5.41, 5.74) is 0.778. The molecule has 1 aliphatic heterocycles. The molecule has 0 aliphatic carbocycles. The average molecular weight is 155 g/mol. The summed E-state index contributed by atoms with van der Waals surface area (Å²) in [6.45, 7) is 0.0957. The van der Waals surface area contributed by atoms with Crippen molar-refractivity contribution in [1.29, 1.82) is 0 Å². The van der Waals surface area contributed by atoms with E-state index in [2.05, 4.69) is 4.84 Å². The van der Waals surface area contributed by atoms with Gasteiger partial charge in [-0.2, -0.15) is 0 Å². The molecule has 1 N–H and O–H groups in total. The Labute approximate surface area is 62.5 Å². The quantitative estimate of drug-likeness (QED) is 0.615. The average Bonchev–Trinajstić information content (AvgIpc) is 2.35. The number of hydrogen-bond donors (Lipinski definition) is 1. The number of rotatable bonds is 0. The van der Waals surface area contributed by atoms with E-state index in [1.54, 1.807) is 6.07 Å². The highest BCUT2D eigenvalue weighted by Gasteiger charge is 2.21. The number of fused-ring (bicyclic) bond motifs is 1. The normalized spacial score (nSPS) is 15.3. The summed E-state index contributed by atoms with van der Waals surface area (Å²) in [7, 11) is 0. The number of benzene rings is 1. The summed E-state index contributed by atoms with van der Waals surface area (Å²) < 4.78 is 12.8. The molecule has 0 amide bonds. The summed E-state index contributed by atoms with van der Waals surface area (Å²) in [6, 6.07) is 4.44. The van der Waals surface area contributed by atoms with E-state index >= 15 is 0 Å². The van der Waals surface area contributed by atoms with Crippen LogP contribution < -0.4 is 5.23 Å². The maximum absolute atomic E-state index is 12.8. The summed E-state index contributed by atoms with van der Waals surface area (Å²) in [4.78, 5) is 4.65. The molecule has 0 fully saturated rings. The minimum absolute atomic E-state index is 0.0957. The van der Waals surface area contributed by atoms with Gasteiger partial charge in [-0.25, -0.2) is 9.23 Å². The largest absolute Gasteiger partial charge is 0.264 e. The van der Waals surface area contributed by atoms with Crippen molar-refractivity contribution in [2.75, 3.05) is 5.23 Å². The number of hydrogen-bond acceptors (Lipinski definition) is 3. The van der Waals surface area contributed by atoms with Crippen molar-refractivity contribution in [2.45, 2.75) is 6.61 Å². The van der Waals surface area contributed by atoms with Crippen LogP contribution in [-0.2, 0) is 11.4 Å². The summed E-state index contributed by atoms with van der Waals surface area (Å²) in [6.07, 6.45) is 0. The number of halogens is 1. The fraction of sp³-hybridized carbons (Fsp3) is 0.143. The molecular weight excluding hydrogens is 149 g/mol. The predicted octanol–water partition coefficient (Wildman–Crippen LogP) is 1.47. The smallest absolute Gasteiger partial charge is 0.131 e. The molecule has 3 nitrogen and oxygen atoms in total. The van der Waals surface area contributed by atoms with E-state index in [-0.39, 0.29) is 12.4 Å². The van der Waals surface area contributed by atoms with Crippen molar-refractivity contribution in [1.82, 2.24) is 0 Å². The van der Waals surface area contributed by atoms with Gasteiger partial charge in [0.05, 0.1) is 0 Å². The van der Waals surface area contributed by atoms with E-state index in [4.69, 9.17) is 5.21 Å². The molecule has 11 heavy (non-hydrogen) atoms. The molecule has 0 bridgehead atoms. The molecule has 2 rings (SSSR count). The first-order valence-corrected chi connectivity index (χ1v) is 3.18. The topological polar surface area (TPSA) is 32.7 Å². The Hall–Kier alpha value is -1.13. The summed E-state index contributed by atoms with van der Waals surface area (Å²) in [5, 5.41) is 9.53. The molecule has 0 radical (unpaired) electrons. The highest BCUT2D eigenvalue weighted by Crippen LogP contribution is 2.28. The molecule has 0 spiro atoms. The standard InChI is InChI=1S/C7H6FNO2/c8-6-2-1-3-7-5(6)4-11-9(7)10/h1-3,10H,4H2. The van der Waals surface area contributed by atoms with Crippen molar-refractivity contribution in [2.24, 2.45) is 0 Å². The van der Waals surface area contributed by atoms with Crippen molar-refractivity contribution in [3.8, 4) is 0 Å². The zero-order valence-corrected chi connectivity index (χ0v) is 5.62. The maximum atomic E-state index is 12.8. The number of nitrogens with zero attached hydrogens (tertiary/aromatic N) is 1. The third kappa shape index (κ3) is 0.875. The molecule has 4 heteroatoms. The lowest BCUT2D eigenvalue weighted by molar-refractivity contribution is -0.0332. The SMILES string of the molecule is ON1OCc2c(F)cccc21. The minimum atomic E-state index is -0.348. The molecule has 1 heterocycles. The Morgan fingerprint density at radius 1 is 1.55 bits per heavy atom. The van der Waals surface area contributed by atoms with Gasteiger partial charge in [-0.15, -0.1) is 5.23 Å². The van der Waals surface area contributed by atoms with Crippen LogP contribution in [0.4, 0.5) is 10.1 Å². The lowest BCUT2D eigenvalue weighted by atomic mass is 10.2. The van der Waals surface area contributed by atoms with Crippen LogP contribution in [0.25, 0.3) is 0 Å². The van der Waals surface area contributed by atoms with Crippen molar-refractivity contribution >= 4 is 5.69 Å². The van der Waals surface area contributed by atoms with Gasteiger partial charge in [0.2, 0.25) is 0 Å². The van der Waals surface area contributed by atoms with Gasteiger partial charge in [0.15, 0.2) is 0 Å². The molecule has 1 aromatic carbocycles. The Balaban J connectivity index is 2.57. The van der Waals surface area contributed by atoms with Crippen LogP contribution in [0.15, 0.2) is 18.2 Å². The van der Waals surface area contributed by atoms with Crippen molar-refractivity contribution in [3.05, 3.63) is 29.6 Å². The van der Waals surface area contributed by atoms with Crippen LogP contribution in [-0.4, -0.2) is 5.21 Å². The third-order valence-electron chi connectivity index (χ3n) is 1.63. The fourth-order valence-corrected chi connectivity index (χ4v) is 1.06. The van der Waals surface area contributed by atoms with Gasteiger partial charge in [0.1, 0.15) is 18.1 Å². The molecular formula is C7H6FNO2. The van der Waals surface area contributed by atoms with Crippen LogP contribution in [0.3, 0.4) is 0 Å². The van der Waals surface area contributed by atoms with E-state index in [0.717, 1.165) is 0 Å². The molecule has 0 atom stereocenters. The maximum Gasteiger partial charge on any atom is 0.131 e. The van der Waals surface area contributed by atoms with Gasteiger partial charge >= 0.3 is 0 Å². The molecule has 1 aliphatic rings. The van der Waals surface area contributed by atoms with Crippen LogP contribution in [0, 0.1) is 5.82 Å². The van der Waals surface area contributed by atoms with Gasteiger partial charge in [-0.05, 0) is 12.1 Å². The molecule has 0 saturated carbocycles. The molecule has 0 aromatic heterocycles. The van der Waals surface area contributed by atoms with E-state index in [9.17, 15) is 4.39 Å². The summed E-state index contributed by atoms with van der Waals surface area (Å²) >= 11 is 0. The Kier molecular flexibility index (Phi) is 1.30. The molecule has 0 saturated heterocycles. The minimum Gasteiger partial charge on any atom is -0.264 e. The third-order valence-corrected chi connectivity index (χ3v) is 1.63. The second-order valence-electron chi connectivity index (χ2n) is 2.28. The second-order valence-corrected chi connectivity index (χ2v) is 2.28. The first-order valence-electron chi connectivity index (χ1n) is 3.18. The van der Waals surface area contributed by atoms with Gasteiger partial charge in [0.25, 0.3) is 0 Å². The van der Waals surface area contributed by atoms with E-state index < -0.39 is 0 Å². The van der Waals surface area contributed by atoms with E-state index in [0.29, 0.717) is 16.5 Å². The van der Waals surface area contributed by atoms with Crippen LogP contribution in [0.5, 0.6) is 0 Å². The Morgan fingerprint density at radius 3 is 3.09 bits per heavy atom. The first kappa shape index (κ1) is 6.57. The van der Waals surface area contributed by atoms with Crippen molar-refractivity contribution in [3.63, 3.8) is 0 Å². The Bertz CT molecular complexity index is 290. The van der Waals surface area contributed by atoms with Gasteiger partial charge in [-0.1, -0.05) is 6.07 Å². The first-order chi connectivity index (χ1) is 5.29. The fourth-order valence-electron chi connectivity index (χ4n) is 1.06. The van der Waals surface area contributed by atoms with Crippen LogP contribution >= 0.6 is 0 Å². The highest BCUT2D eigenvalue weighted by molar-refractivity contribution is 5.52. The van der Waals surface area contributed by atoms with Gasteiger partial charge in [-0.3, -0.25) is 5.21 Å². The van der Waals surface area contributed by atoms with E-state index in [1.807, 2.05) is 0 Å². The molecule has 58 valence electrons. The zero-order chi connectivity index (χ0) is 7.84. The van der Waals surface area contributed by atoms with Gasteiger partial charge < -0.3 is 0 Å². The summed E-state index contributed by atoms with van der Waals surface area (Å²) in [5.74, 6) is -0.348. The van der Waals surface area contributed by atoms with Gasteiger partial charge in [0, 0.05) is 5.56 Å². The van der Waals surface area contributed by atoms with E-state index in [1.165, 1.54) is 12.1 Å². The lowest BCUT2D eigenvalue weighted by Gasteiger charge is -2.05. The highest BCUT2D eigenvalue weighted by atomic mass is 19.1. The van der Waals surface area contributed by atoms with Crippen LogP contribution in [0.1, 0.15) is 5.56 Å². The predicted molar refractivity (Wildman–Crippen MR) is 35.5 cm³/mol. The monoisotopic (exact) mass is 155 g/mol. The molecule has 1 aromatic rings.